The fraction of sp³-hybridized carbons (Fsp3) is 0.323. The zero-order valence-corrected chi connectivity index (χ0v) is 25.6. The molecule has 12 heteroatoms. The minimum atomic E-state index is -0.583. The third-order valence-electron chi connectivity index (χ3n) is 7.68. The number of nitrogens with zero attached hydrogens (tertiary/aromatic N) is 6. The second-order valence-electron chi connectivity index (χ2n) is 10.8. The molecule has 1 saturated heterocycles. The highest BCUT2D eigenvalue weighted by molar-refractivity contribution is 7.99. The zero-order valence-electron chi connectivity index (χ0n) is 24.0. The molecule has 1 fully saturated rings. The van der Waals surface area contributed by atoms with E-state index >= 15 is 4.39 Å². The zero-order chi connectivity index (χ0) is 30.4. The molecule has 1 atom stereocenters. The molecule has 9 nitrogen and oxygen atoms in total. The molecule has 0 saturated carbocycles. The van der Waals surface area contributed by atoms with Gasteiger partial charge in [-0.3, -0.25) is 9.78 Å². The normalized spacial score (nSPS) is 16.7. The second kappa shape index (κ2) is 11.6. The Labute approximate surface area is 257 Å². The fourth-order valence-electron chi connectivity index (χ4n) is 5.68. The highest BCUT2D eigenvalue weighted by Crippen LogP contribution is 2.41. The van der Waals surface area contributed by atoms with E-state index < -0.39 is 11.5 Å². The average Bonchev–Trinajstić information content (AvgIpc) is 2.98. The molecule has 0 aliphatic carbocycles. The summed E-state index contributed by atoms with van der Waals surface area (Å²) < 4.78 is 23.1. The monoisotopic (exact) mass is 620 g/mol. The Morgan fingerprint density at radius 2 is 2.07 bits per heavy atom. The number of carbonyl (C=O) groups excluding carboxylic acids is 1. The molecular formula is C31H30ClFN6O3S. The molecule has 43 heavy (non-hydrogen) atoms. The van der Waals surface area contributed by atoms with Gasteiger partial charge < -0.3 is 14.5 Å². The van der Waals surface area contributed by atoms with E-state index in [0.717, 1.165) is 0 Å². The van der Waals surface area contributed by atoms with E-state index in [1.54, 1.807) is 29.3 Å². The number of rotatable bonds is 3. The van der Waals surface area contributed by atoms with Crippen molar-refractivity contribution < 1.29 is 13.9 Å². The Morgan fingerprint density at radius 3 is 2.81 bits per heavy atom. The highest BCUT2D eigenvalue weighted by atomic mass is 35.5. The number of halogens is 2. The maximum atomic E-state index is 15.5. The third-order valence-corrected chi connectivity index (χ3v) is 8.99. The van der Waals surface area contributed by atoms with E-state index in [2.05, 4.69) is 16.5 Å². The third kappa shape index (κ3) is 5.14. The first-order valence-electron chi connectivity index (χ1n) is 14.0. The predicted octanol–water partition coefficient (Wildman–Crippen LogP) is 5.47. The fourth-order valence-corrected chi connectivity index (χ4v) is 6.82. The van der Waals surface area contributed by atoms with Crippen molar-refractivity contribution in [2.45, 2.75) is 37.6 Å². The number of benzene rings is 1. The molecule has 2 bridgehead atoms. The van der Waals surface area contributed by atoms with Crippen molar-refractivity contribution in [2.75, 3.05) is 36.9 Å². The van der Waals surface area contributed by atoms with Gasteiger partial charge in [0.25, 0.3) is 0 Å². The highest BCUT2D eigenvalue weighted by Gasteiger charge is 2.31. The molecule has 0 unspecified atom stereocenters. The first-order valence-corrected chi connectivity index (χ1v) is 15.4. The first-order chi connectivity index (χ1) is 20.7. The topological polar surface area (TPSA) is 93.5 Å². The van der Waals surface area contributed by atoms with Crippen LogP contribution < -0.4 is 15.3 Å². The van der Waals surface area contributed by atoms with Gasteiger partial charge in [-0.1, -0.05) is 38.1 Å². The number of piperazine rings is 1. The number of anilines is 1. The van der Waals surface area contributed by atoms with Crippen molar-refractivity contribution in [1.82, 2.24) is 24.4 Å². The lowest BCUT2D eigenvalue weighted by atomic mass is 10.1. The molecule has 1 aromatic carbocycles. The lowest BCUT2D eigenvalue weighted by Gasteiger charge is -2.40. The lowest BCUT2D eigenvalue weighted by molar-refractivity contribution is -0.126. The van der Waals surface area contributed by atoms with Crippen LogP contribution in [0.1, 0.15) is 32.4 Å². The smallest absolute Gasteiger partial charge is 0.356 e. The second-order valence-corrected chi connectivity index (χ2v) is 12.3. The van der Waals surface area contributed by atoms with Crippen LogP contribution in [-0.2, 0) is 4.79 Å². The Kier molecular flexibility index (Phi) is 7.87. The molecule has 2 aliphatic rings. The summed E-state index contributed by atoms with van der Waals surface area (Å²) in [5.41, 5.74) is 1.24. The van der Waals surface area contributed by atoms with E-state index in [-0.39, 0.29) is 39.8 Å². The number of carbonyl (C=O) groups is 1. The van der Waals surface area contributed by atoms with Crippen molar-refractivity contribution in [1.29, 1.82) is 0 Å². The number of hydrogen-bond donors (Lipinski definition) is 0. The van der Waals surface area contributed by atoms with Crippen LogP contribution in [0.3, 0.4) is 0 Å². The Bertz CT molecular complexity index is 1830. The molecule has 2 aliphatic heterocycles. The number of aromatic nitrogens is 4. The SMILES string of the molecule is C=CC(=O)N1CCN(c2nc(=O)n3c4nc(c(Cl)cc24)-c2c(F)cccc2SCCOc2ccnc(C(C)C)c2-3)[C@H](C)C1. The van der Waals surface area contributed by atoms with E-state index in [1.165, 1.54) is 28.5 Å². The van der Waals surface area contributed by atoms with Crippen LogP contribution in [-0.4, -0.2) is 68.4 Å². The van der Waals surface area contributed by atoms with Crippen molar-refractivity contribution in [3.63, 3.8) is 0 Å². The van der Waals surface area contributed by atoms with Gasteiger partial charge in [-0.05, 0) is 37.1 Å². The van der Waals surface area contributed by atoms with Crippen LogP contribution in [0, 0.1) is 5.82 Å². The minimum absolute atomic E-state index is 0.0668. The number of thioether (sulfide) groups is 1. The Balaban J connectivity index is 1.68. The van der Waals surface area contributed by atoms with Crippen LogP contribution in [0.25, 0.3) is 28.0 Å². The quantitative estimate of drug-likeness (QED) is 0.279. The number of hydrogen-bond acceptors (Lipinski definition) is 8. The lowest BCUT2D eigenvalue weighted by Crippen LogP contribution is -2.54. The molecule has 3 aromatic heterocycles. The van der Waals surface area contributed by atoms with Gasteiger partial charge in [-0.15, -0.1) is 11.8 Å². The van der Waals surface area contributed by atoms with Crippen molar-refractivity contribution in [2.24, 2.45) is 0 Å². The van der Waals surface area contributed by atoms with Crippen LogP contribution in [0.4, 0.5) is 10.2 Å². The molecule has 0 spiro atoms. The minimum Gasteiger partial charge on any atom is -0.490 e. The van der Waals surface area contributed by atoms with Gasteiger partial charge in [-0.25, -0.2) is 18.7 Å². The van der Waals surface area contributed by atoms with Crippen LogP contribution in [0.15, 0.2) is 58.9 Å². The van der Waals surface area contributed by atoms with E-state index in [1.807, 2.05) is 31.7 Å². The molecule has 6 rings (SSSR count). The van der Waals surface area contributed by atoms with Crippen molar-refractivity contribution in [3.8, 4) is 22.7 Å². The number of amides is 1. The summed E-state index contributed by atoms with van der Waals surface area (Å²) in [7, 11) is 0. The van der Waals surface area contributed by atoms with Crippen LogP contribution in [0.2, 0.25) is 5.02 Å². The van der Waals surface area contributed by atoms with Gasteiger partial charge in [0, 0.05) is 48.6 Å². The van der Waals surface area contributed by atoms with Crippen molar-refractivity contribution in [3.05, 3.63) is 76.2 Å². The molecule has 222 valence electrons. The van der Waals surface area contributed by atoms with E-state index in [4.69, 9.17) is 21.3 Å². The summed E-state index contributed by atoms with van der Waals surface area (Å²) in [4.78, 5) is 45.0. The summed E-state index contributed by atoms with van der Waals surface area (Å²) in [6.07, 6.45) is 2.96. The molecule has 4 aromatic rings. The summed E-state index contributed by atoms with van der Waals surface area (Å²) in [6, 6.07) is 8.09. The molecule has 1 amide bonds. The summed E-state index contributed by atoms with van der Waals surface area (Å²) in [5.74, 6) is 0.694. The average molecular weight is 621 g/mol. The largest absolute Gasteiger partial charge is 0.490 e. The van der Waals surface area contributed by atoms with Crippen LogP contribution >= 0.6 is 23.4 Å². The van der Waals surface area contributed by atoms with E-state index in [0.29, 0.717) is 65.2 Å². The standard InChI is InChI=1S/C31H30ClFN6O3S/c1-5-24(40)37-11-12-38(18(4)16-37)29-19-15-20(32)27-25-21(33)7-6-8-23(25)43-14-13-42-22-9-10-34-26(17(2)3)28(22)39(30(19)35-27)31(41)36-29/h5-10,15,17-18H,1,11-14,16H2,2-4H3/t18-/m1/s1. The molecule has 5 heterocycles. The summed E-state index contributed by atoms with van der Waals surface area (Å²) in [6.45, 7) is 11.1. The van der Waals surface area contributed by atoms with E-state index in [9.17, 15) is 9.59 Å². The van der Waals surface area contributed by atoms with Gasteiger partial charge >= 0.3 is 5.69 Å². The maximum Gasteiger partial charge on any atom is 0.356 e. The van der Waals surface area contributed by atoms with Gasteiger partial charge in [0.2, 0.25) is 5.91 Å². The van der Waals surface area contributed by atoms with Crippen molar-refractivity contribution >= 4 is 46.1 Å². The van der Waals surface area contributed by atoms with Crippen LogP contribution in [0.5, 0.6) is 5.75 Å². The Hall–Kier alpha value is -3.96. The summed E-state index contributed by atoms with van der Waals surface area (Å²) in [5, 5.41) is 0.737. The predicted molar refractivity (Wildman–Crippen MR) is 167 cm³/mol. The summed E-state index contributed by atoms with van der Waals surface area (Å²) >= 11 is 8.35. The number of ether oxygens (including phenoxy) is 1. The Morgan fingerprint density at radius 1 is 1.26 bits per heavy atom. The molecule has 0 radical (unpaired) electrons. The van der Waals surface area contributed by atoms with Gasteiger partial charge in [0.1, 0.15) is 23.1 Å². The number of fused-ring (bicyclic) bond motifs is 5. The first kappa shape index (κ1) is 29.1. The molecule has 0 N–H and O–H groups in total. The molecular weight excluding hydrogens is 591 g/mol. The van der Waals surface area contributed by atoms with Gasteiger partial charge in [-0.2, -0.15) is 4.98 Å². The van der Waals surface area contributed by atoms with Gasteiger partial charge in [0.05, 0.1) is 34.0 Å². The maximum absolute atomic E-state index is 15.5. The number of pyridine rings is 2. The van der Waals surface area contributed by atoms with Gasteiger partial charge in [0.15, 0.2) is 5.65 Å².